The van der Waals surface area contributed by atoms with Gasteiger partial charge in [-0.25, -0.2) is 4.79 Å². The summed E-state index contributed by atoms with van der Waals surface area (Å²) in [6, 6.07) is 23.0. The van der Waals surface area contributed by atoms with Crippen LogP contribution in [0.1, 0.15) is 33.5 Å². The number of carbonyl (C=O) groups is 2. The van der Waals surface area contributed by atoms with E-state index in [9.17, 15) is 9.59 Å². The van der Waals surface area contributed by atoms with Crippen LogP contribution in [0.5, 0.6) is 0 Å². The van der Waals surface area contributed by atoms with E-state index in [-0.39, 0.29) is 11.9 Å². The average molecular weight is 414 g/mol. The normalized spacial score (nSPS) is 13.9. The van der Waals surface area contributed by atoms with Crippen molar-refractivity contribution in [1.29, 1.82) is 0 Å². The van der Waals surface area contributed by atoms with Gasteiger partial charge in [0.1, 0.15) is 0 Å². The topological polar surface area (TPSA) is 52.6 Å². The fourth-order valence-electron chi connectivity index (χ4n) is 3.86. The van der Waals surface area contributed by atoms with Crippen LogP contribution in [0.3, 0.4) is 0 Å². The van der Waals surface area contributed by atoms with E-state index in [2.05, 4.69) is 37.4 Å². The summed E-state index contributed by atoms with van der Waals surface area (Å²) in [5.74, 6) is -0.151. The zero-order chi connectivity index (χ0) is 21.8. The second-order valence-corrected chi connectivity index (χ2v) is 8.01. The highest BCUT2D eigenvalue weighted by atomic mass is 16.2. The Hall–Kier alpha value is -3.60. The van der Waals surface area contributed by atoms with Crippen molar-refractivity contribution in [2.75, 3.05) is 23.3 Å². The monoisotopic (exact) mass is 413 g/mol. The molecular weight excluding hydrogens is 386 g/mol. The molecule has 0 aromatic heterocycles. The first-order chi connectivity index (χ1) is 15.0. The minimum atomic E-state index is -0.151. The molecule has 1 saturated heterocycles. The van der Waals surface area contributed by atoms with Gasteiger partial charge in [-0.05, 0) is 67.8 Å². The Morgan fingerprint density at radius 3 is 2.42 bits per heavy atom. The molecule has 31 heavy (non-hydrogen) atoms. The van der Waals surface area contributed by atoms with Crippen molar-refractivity contribution >= 4 is 23.3 Å². The van der Waals surface area contributed by atoms with Crippen molar-refractivity contribution in [3.8, 4) is 0 Å². The third-order valence-electron chi connectivity index (χ3n) is 5.65. The molecule has 158 valence electrons. The highest BCUT2D eigenvalue weighted by Gasteiger charge is 2.27. The van der Waals surface area contributed by atoms with Crippen LogP contribution < -0.4 is 10.2 Å². The highest BCUT2D eigenvalue weighted by Crippen LogP contribution is 2.24. The number of hydrogen-bond acceptors (Lipinski definition) is 2. The molecule has 5 heteroatoms. The maximum absolute atomic E-state index is 13.2. The maximum Gasteiger partial charge on any atom is 0.324 e. The fraction of sp³-hybridized carbons (Fsp3) is 0.231. The average Bonchev–Trinajstić information content (AvgIpc) is 2.79. The molecule has 0 bridgehead atoms. The number of aryl methyl sites for hydroxylation is 2. The SMILES string of the molecule is Cc1ccc(C)c(CN2CCCN(c3ccc(NC(=O)c4ccccc4)cc3)C2=O)c1. The molecule has 1 aliphatic heterocycles. The lowest BCUT2D eigenvalue weighted by molar-refractivity contribution is 0.102. The molecule has 1 fully saturated rings. The van der Waals surface area contributed by atoms with Gasteiger partial charge in [0, 0.05) is 36.6 Å². The fourth-order valence-corrected chi connectivity index (χ4v) is 3.86. The lowest BCUT2D eigenvalue weighted by Crippen LogP contribution is -2.49. The molecule has 3 amide bonds. The standard InChI is InChI=1S/C26H27N3O2/c1-19-9-10-20(2)22(17-19)18-28-15-6-16-29(26(28)31)24-13-11-23(12-14-24)27-25(30)21-7-4-3-5-8-21/h3-5,7-14,17H,6,15-16,18H2,1-2H3,(H,27,30). The second-order valence-electron chi connectivity index (χ2n) is 8.01. The van der Waals surface area contributed by atoms with Crippen molar-refractivity contribution in [1.82, 2.24) is 4.90 Å². The first-order valence-corrected chi connectivity index (χ1v) is 10.6. The van der Waals surface area contributed by atoms with Crippen molar-refractivity contribution in [3.05, 3.63) is 95.1 Å². The van der Waals surface area contributed by atoms with Gasteiger partial charge in [-0.15, -0.1) is 0 Å². The maximum atomic E-state index is 13.2. The molecule has 0 aliphatic carbocycles. The van der Waals surface area contributed by atoms with Crippen LogP contribution in [-0.2, 0) is 6.54 Å². The molecule has 1 aliphatic rings. The molecular formula is C26H27N3O2. The summed E-state index contributed by atoms with van der Waals surface area (Å²) in [6.45, 7) is 6.23. The van der Waals surface area contributed by atoms with Gasteiger partial charge in [-0.1, -0.05) is 42.0 Å². The number of anilines is 2. The number of benzene rings is 3. The Balaban J connectivity index is 1.44. The number of amides is 3. The lowest BCUT2D eigenvalue weighted by atomic mass is 10.0. The Morgan fingerprint density at radius 2 is 1.68 bits per heavy atom. The third kappa shape index (κ3) is 4.77. The molecule has 5 nitrogen and oxygen atoms in total. The van der Waals surface area contributed by atoms with Gasteiger partial charge in [-0.3, -0.25) is 9.69 Å². The molecule has 0 spiro atoms. The number of hydrogen-bond donors (Lipinski definition) is 1. The van der Waals surface area contributed by atoms with Crippen LogP contribution in [0, 0.1) is 13.8 Å². The van der Waals surface area contributed by atoms with E-state index < -0.39 is 0 Å². The minimum Gasteiger partial charge on any atom is -0.322 e. The molecule has 4 rings (SSSR count). The first kappa shape index (κ1) is 20.7. The van der Waals surface area contributed by atoms with Crippen LogP contribution in [0.4, 0.5) is 16.2 Å². The summed E-state index contributed by atoms with van der Waals surface area (Å²) < 4.78 is 0. The molecule has 1 N–H and O–H groups in total. The molecule has 3 aromatic rings. The quantitative estimate of drug-likeness (QED) is 0.610. The number of nitrogens with zero attached hydrogens (tertiary/aromatic N) is 2. The van der Waals surface area contributed by atoms with E-state index in [4.69, 9.17) is 0 Å². The molecule has 0 saturated carbocycles. The zero-order valence-electron chi connectivity index (χ0n) is 18.0. The van der Waals surface area contributed by atoms with Gasteiger partial charge in [-0.2, -0.15) is 0 Å². The number of carbonyl (C=O) groups excluding carboxylic acids is 2. The molecule has 1 heterocycles. The second kappa shape index (κ2) is 9.04. The van der Waals surface area contributed by atoms with Gasteiger partial charge >= 0.3 is 6.03 Å². The van der Waals surface area contributed by atoms with Crippen LogP contribution in [-0.4, -0.2) is 29.9 Å². The van der Waals surface area contributed by atoms with Crippen molar-refractivity contribution in [2.24, 2.45) is 0 Å². The molecule has 0 unspecified atom stereocenters. The van der Waals surface area contributed by atoms with Crippen molar-refractivity contribution < 1.29 is 9.59 Å². The van der Waals surface area contributed by atoms with E-state index in [1.54, 1.807) is 12.1 Å². The smallest absolute Gasteiger partial charge is 0.322 e. The summed E-state index contributed by atoms with van der Waals surface area (Å²) in [7, 11) is 0. The van der Waals surface area contributed by atoms with E-state index in [0.717, 1.165) is 18.7 Å². The number of nitrogens with one attached hydrogen (secondary N) is 1. The van der Waals surface area contributed by atoms with E-state index in [1.807, 2.05) is 52.3 Å². The first-order valence-electron chi connectivity index (χ1n) is 10.6. The summed E-state index contributed by atoms with van der Waals surface area (Å²) in [5, 5.41) is 2.90. The van der Waals surface area contributed by atoms with Gasteiger partial charge in [0.15, 0.2) is 0 Å². The molecule has 0 radical (unpaired) electrons. The Morgan fingerprint density at radius 1 is 0.935 bits per heavy atom. The Labute approximate surface area is 183 Å². The zero-order valence-corrected chi connectivity index (χ0v) is 18.0. The Kier molecular flexibility index (Phi) is 6.03. The van der Waals surface area contributed by atoms with Gasteiger partial charge < -0.3 is 10.2 Å². The predicted molar refractivity (Wildman–Crippen MR) is 125 cm³/mol. The van der Waals surface area contributed by atoms with Gasteiger partial charge in [0.05, 0.1) is 0 Å². The number of rotatable bonds is 5. The van der Waals surface area contributed by atoms with Gasteiger partial charge in [0.2, 0.25) is 0 Å². The highest BCUT2D eigenvalue weighted by molar-refractivity contribution is 6.04. The summed E-state index contributed by atoms with van der Waals surface area (Å²) >= 11 is 0. The van der Waals surface area contributed by atoms with Crippen LogP contribution in [0.2, 0.25) is 0 Å². The van der Waals surface area contributed by atoms with Crippen molar-refractivity contribution in [2.45, 2.75) is 26.8 Å². The number of urea groups is 1. The van der Waals surface area contributed by atoms with E-state index in [1.165, 1.54) is 16.7 Å². The third-order valence-corrected chi connectivity index (χ3v) is 5.65. The van der Waals surface area contributed by atoms with Crippen LogP contribution >= 0.6 is 0 Å². The Bertz CT molecular complexity index is 1080. The van der Waals surface area contributed by atoms with Crippen LogP contribution in [0.25, 0.3) is 0 Å². The van der Waals surface area contributed by atoms with E-state index in [0.29, 0.717) is 24.3 Å². The predicted octanol–water partition coefficient (Wildman–Crippen LogP) is 5.39. The van der Waals surface area contributed by atoms with E-state index >= 15 is 0 Å². The van der Waals surface area contributed by atoms with Gasteiger partial charge in [0.25, 0.3) is 5.91 Å². The lowest BCUT2D eigenvalue weighted by Gasteiger charge is -2.36. The van der Waals surface area contributed by atoms with Crippen molar-refractivity contribution in [3.63, 3.8) is 0 Å². The summed E-state index contributed by atoms with van der Waals surface area (Å²) in [6.07, 6.45) is 0.920. The van der Waals surface area contributed by atoms with Crippen LogP contribution in [0.15, 0.2) is 72.8 Å². The molecule has 0 atom stereocenters. The molecule has 3 aromatic carbocycles. The largest absolute Gasteiger partial charge is 0.324 e. The summed E-state index contributed by atoms with van der Waals surface area (Å²) in [4.78, 5) is 29.2. The minimum absolute atomic E-state index is 0.0215. The summed E-state index contributed by atoms with van der Waals surface area (Å²) in [5.41, 5.74) is 5.75.